The molecular formula is C22H30BBrS. The number of hydrogen-bond donors (Lipinski definition) is 0. The molecule has 0 aliphatic carbocycles. The molecular weight excluding hydrogens is 387 g/mol. The topological polar surface area (TPSA) is 0 Å². The molecule has 134 valence electrons. The van der Waals surface area contributed by atoms with Gasteiger partial charge >= 0.3 is 0 Å². The maximum absolute atomic E-state index is 3.59. The van der Waals surface area contributed by atoms with Crippen molar-refractivity contribution < 1.29 is 0 Å². The maximum Gasteiger partial charge on any atom is 0.226 e. The molecule has 0 saturated heterocycles. The first-order chi connectivity index (χ1) is 11.8. The van der Waals surface area contributed by atoms with Crippen LogP contribution in [-0.2, 0) is 11.8 Å². The third-order valence-electron chi connectivity index (χ3n) is 4.67. The van der Waals surface area contributed by atoms with E-state index in [-0.39, 0.29) is 5.41 Å². The molecule has 0 N–H and O–H groups in total. The number of rotatable bonds is 7. The summed E-state index contributed by atoms with van der Waals surface area (Å²) < 4.78 is 2.68. The van der Waals surface area contributed by atoms with Crippen LogP contribution in [0.2, 0.25) is 6.32 Å². The fraction of sp³-hybridized carbons (Fsp3) is 0.455. The molecule has 0 atom stereocenters. The lowest BCUT2D eigenvalue weighted by Gasteiger charge is -2.16. The zero-order valence-electron chi connectivity index (χ0n) is 16.2. The lowest BCUT2D eigenvalue weighted by atomic mass is 9.41. The molecule has 0 aliphatic rings. The highest BCUT2D eigenvalue weighted by atomic mass is 79.9. The molecule has 0 aliphatic heterocycles. The Hall–Kier alpha value is -0.795. The third kappa shape index (κ3) is 6.15. The summed E-state index contributed by atoms with van der Waals surface area (Å²) in [6.07, 6.45) is 7.05. The smallest absolute Gasteiger partial charge is 0.158 e. The summed E-state index contributed by atoms with van der Waals surface area (Å²) in [5.41, 5.74) is 4.53. The second-order valence-electron chi connectivity index (χ2n) is 7.91. The van der Waals surface area contributed by atoms with Crippen molar-refractivity contribution in [2.24, 2.45) is 0 Å². The first-order valence-electron chi connectivity index (χ1n) is 9.31. The first kappa shape index (κ1) is 20.5. The highest BCUT2D eigenvalue weighted by molar-refractivity contribution is 9.11. The molecule has 1 heterocycles. The highest BCUT2D eigenvalue weighted by Gasteiger charge is 2.23. The second-order valence-corrected chi connectivity index (χ2v) is 10.1. The standard InChI is InChI=1S/C22H30BBrS/c1-6-7-8-18-9-11-20(12-10-18)23(14-13-17(2)24)21-15-19(16-25-21)22(3,4)5/h9-13,15-16H,6-8,14H2,1-5H3. The summed E-state index contributed by atoms with van der Waals surface area (Å²) in [5, 5.41) is 2.34. The molecule has 0 fully saturated rings. The van der Waals surface area contributed by atoms with Gasteiger partial charge in [-0.1, -0.05) is 91.9 Å². The van der Waals surface area contributed by atoms with Crippen molar-refractivity contribution >= 4 is 44.2 Å². The molecule has 25 heavy (non-hydrogen) atoms. The molecule has 0 bridgehead atoms. The molecule has 2 aromatic rings. The summed E-state index contributed by atoms with van der Waals surface area (Å²) in [6, 6.07) is 11.7. The maximum atomic E-state index is 3.59. The van der Waals surface area contributed by atoms with Crippen molar-refractivity contribution in [3.63, 3.8) is 0 Å². The summed E-state index contributed by atoms with van der Waals surface area (Å²) in [4.78, 5) is 0. The number of hydrogen-bond acceptors (Lipinski definition) is 1. The van der Waals surface area contributed by atoms with E-state index in [9.17, 15) is 0 Å². The van der Waals surface area contributed by atoms with Gasteiger partial charge in [0.1, 0.15) is 0 Å². The van der Waals surface area contributed by atoms with Gasteiger partial charge in [0.2, 0.25) is 6.71 Å². The molecule has 0 amide bonds. The lowest BCUT2D eigenvalue weighted by molar-refractivity contribution is 0.593. The van der Waals surface area contributed by atoms with E-state index in [1.165, 1.54) is 45.1 Å². The largest absolute Gasteiger partial charge is 0.226 e. The van der Waals surface area contributed by atoms with Crippen molar-refractivity contribution in [1.82, 2.24) is 0 Å². The molecule has 0 nitrogen and oxygen atoms in total. The van der Waals surface area contributed by atoms with E-state index in [4.69, 9.17) is 0 Å². The molecule has 1 aromatic carbocycles. The van der Waals surface area contributed by atoms with Gasteiger partial charge < -0.3 is 0 Å². The van der Waals surface area contributed by atoms with Crippen LogP contribution < -0.4 is 10.2 Å². The Morgan fingerprint density at radius 3 is 2.40 bits per heavy atom. The Morgan fingerprint density at radius 2 is 1.88 bits per heavy atom. The van der Waals surface area contributed by atoms with Gasteiger partial charge in [0, 0.05) is 0 Å². The zero-order valence-corrected chi connectivity index (χ0v) is 18.6. The number of benzene rings is 1. The summed E-state index contributed by atoms with van der Waals surface area (Å²) in [7, 11) is 0. The number of unbranched alkanes of at least 4 members (excludes halogenated alkanes) is 1. The van der Waals surface area contributed by atoms with Gasteiger partial charge in [-0.25, -0.2) is 0 Å². The highest BCUT2D eigenvalue weighted by Crippen LogP contribution is 2.24. The van der Waals surface area contributed by atoms with Crippen molar-refractivity contribution in [3.8, 4) is 0 Å². The van der Waals surface area contributed by atoms with Crippen molar-refractivity contribution in [1.29, 1.82) is 0 Å². The van der Waals surface area contributed by atoms with Gasteiger partial charge in [-0.3, -0.25) is 0 Å². The van der Waals surface area contributed by atoms with Crippen LogP contribution in [0.4, 0.5) is 0 Å². The van der Waals surface area contributed by atoms with Gasteiger partial charge in [-0.05, 0) is 57.3 Å². The van der Waals surface area contributed by atoms with Crippen molar-refractivity contribution in [2.75, 3.05) is 0 Å². The second kappa shape index (κ2) is 9.23. The summed E-state index contributed by atoms with van der Waals surface area (Å²) >= 11 is 5.49. The van der Waals surface area contributed by atoms with E-state index in [2.05, 4.69) is 92.3 Å². The quantitative estimate of drug-likeness (QED) is 0.464. The van der Waals surface area contributed by atoms with Crippen LogP contribution in [0.5, 0.6) is 0 Å². The molecule has 3 heteroatoms. The minimum atomic E-state index is 0.213. The minimum Gasteiger partial charge on any atom is -0.158 e. The van der Waals surface area contributed by atoms with Crippen LogP contribution in [0.15, 0.2) is 46.3 Å². The average Bonchev–Trinajstić information content (AvgIpc) is 3.04. The molecule has 0 saturated carbocycles. The molecule has 1 aromatic heterocycles. The number of thiophene rings is 1. The Kier molecular flexibility index (Phi) is 7.58. The number of allylic oxidation sites excluding steroid dienone is 2. The minimum absolute atomic E-state index is 0.213. The van der Waals surface area contributed by atoms with Crippen molar-refractivity contribution in [2.45, 2.75) is 65.6 Å². The normalized spacial score (nSPS) is 12.5. The summed E-state index contributed by atoms with van der Waals surface area (Å²) in [5.74, 6) is 0. The predicted molar refractivity (Wildman–Crippen MR) is 121 cm³/mol. The van der Waals surface area contributed by atoms with Crippen LogP contribution in [0.3, 0.4) is 0 Å². The molecule has 2 rings (SSSR count). The number of halogens is 1. The predicted octanol–water partition coefficient (Wildman–Crippen LogP) is 6.30. The Bertz CT molecular complexity index is 688. The Morgan fingerprint density at radius 1 is 1.20 bits per heavy atom. The Labute approximate surface area is 167 Å². The summed E-state index contributed by atoms with van der Waals surface area (Å²) in [6.45, 7) is 11.7. The van der Waals surface area contributed by atoms with E-state index < -0.39 is 0 Å². The molecule has 0 unspecified atom stereocenters. The molecule has 0 spiro atoms. The van der Waals surface area contributed by atoms with E-state index in [0.717, 1.165) is 6.32 Å². The third-order valence-corrected chi connectivity index (χ3v) is 6.04. The van der Waals surface area contributed by atoms with Gasteiger partial charge in [0.15, 0.2) is 0 Å². The fourth-order valence-electron chi connectivity index (χ4n) is 2.92. The van der Waals surface area contributed by atoms with Gasteiger partial charge in [0.25, 0.3) is 0 Å². The number of aryl methyl sites for hydroxylation is 1. The van der Waals surface area contributed by atoms with Gasteiger partial charge in [-0.2, -0.15) is 11.3 Å². The van der Waals surface area contributed by atoms with Crippen LogP contribution in [0, 0.1) is 0 Å². The van der Waals surface area contributed by atoms with Crippen molar-refractivity contribution in [3.05, 3.63) is 57.4 Å². The SMILES string of the molecule is CCCCc1ccc(B(CC=C(C)Br)c2cc(C(C)(C)C)cs2)cc1. The van der Waals surface area contributed by atoms with Crippen LogP contribution in [0.1, 0.15) is 58.6 Å². The lowest BCUT2D eigenvalue weighted by Crippen LogP contribution is -2.40. The van der Waals surface area contributed by atoms with Gasteiger partial charge in [-0.15, -0.1) is 0 Å². The van der Waals surface area contributed by atoms with Gasteiger partial charge in [0.05, 0.1) is 0 Å². The van der Waals surface area contributed by atoms with E-state index >= 15 is 0 Å². The van der Waals surface area contributed by atoms with E-state index in [0.29, 0.717) is 6.71 Å². The fourth-order valence-corrected chi connectivity index (χ4v) is 4.39. The van der Waals surface area contributed by atoms with E-state index in [1.807, 2.05) is 11.3 Å². The average molecular weight is 417 g/mol. The van der Waals surface area contributed by atoms with E-state index in [1.54, 1.807) is 0 Å². The zero-order chi connectivity index (χ0) is 18.4. The van der Waals surface area contributed by atoms with Crippen LogP contribution in [0.25, 0.3) is 0 Å². The Balaban J connectivity index is 2.29. The van der Waals surface area contributed by atoms with Crippen LogP contribution >= 0.6 is 27.3 Å². The van der Waals surface area contributed by atoms with Crippen LogP contribution in [-0.4, -0.2) is 6.71 Å². The first-order valence-corrected chi connectivity index (χ1v) is 11.0. The monoisotopic (exact) mass is 416 g/mol. The molecule has 0 radical (unpaired) electrons.